The second-order valence-electron chi connectivity index (χ2n) is 6.70. The maximum Gasteiger partial charge on any atom is 0.410 e. The predicted molar refractivity (Wildman–Crippen MR) is 89.4 cm³/mol. The Kier molecular flexibility index (Phi) is 5.69. The van der Waals surface area contributed by atoms with Gasteiger partial charge < -0.3 is 9.64 Å². The zero-order valence-corrected chi connectivity index (χ0v) is 15.2. The third-order valence-electron chi connectivity index (χ3n) is 3.61. The van der Waals surface area contributed by atoms with Gasteiger partial charge >= 0.3 is 6.09 Å². The van der Waals surface area contributed by atoms with Crippen molar-refractivity contribution in [2.75, 3.05) is 20.1 Å². The Morgan fingerprint density at radius 3 is 2.91 bits per heavy atom. The van der Waals surface area contributed by atoms with Crippen LogP contribution in [0.1, 0.15) is 38.5 Å². The number of aromatic nitrogens is 1. The Bertz CT molecular complexity index is 515. The highest BCUT2D eigenvalue weighted by Gasteiger charge is 2.29. The Balaban J connectivity index is 1.90. The number of piperidine rings is 1. The number of thiazole rings is 1. The van der Waals surface area contributed by atoms with Crippen molar-refractivity contribution in [2.45, 2.75) is 51.8 Å². The molecule has 1 aliphatic heterocycles. The smallest absolute Gasteiger partial charge is 0.410 e. The minimum atomic E-state index is -0.459. The SMILES string of the molecule is CN(C(=O)OC(C)(C)C)[C@H]1CCCN(Cc2cnc(Cl)s2)C1. The summed E-state index contributed by atoms with van der Waals surface area (Å²) in [6.07, 6.45) is 3.66. The lowest BCUT2D eigenvalue weighted by atomic mass is 10.0. The summed E-state index contributed by atoms with van der Waals surface area (Å²) in [6, 6.07) is 0.187. The molecular formula is C15H24ClN3O2S. The maximum absolute atomic E-state index is 12.2. The lowest BCUT2D eigenvalue weighted by Crippen LogP contribution is -2.49. The summed E-state index contributed by atoms with van der Waals surface area (Å²) >= 11 is 7.39. The van der Waals surface area contributed by atoms with E-state index in [-0.39, 0.29) is 12.1 Å². The molecule has 0 aliphatic carbocycles. The fourth-order valence-corrected chi connectivity index (χ4v) is 3.57. The van der Waals surface area contributed by atoms with Crippen LogP contribution in [-0.4, -0.2) is 52.7 Å². The van der Waals surface area contributed by atoms with Crippen molar-refractivity contribution in [1.29, 1.82) is 0 Å². The number of likely N-dealkylation sites (N-methyl/N-ethyl adjacent to an activating group) is 1. The van der Waals surface area contributed by atoms with Crippen molar-refractivity contribution in [2.24, 2.45) is 0 Å². The topological polar surface area (TPSA) is 45.7 Å². The summed E-state index contributed by atoms with van der Waals surface area (Å²) in [5, 5.41) is 0. The molecule has 1 atom stereocenters. The second-order valence-corrected chi connectivity index (χ2v) is 8.40. The van der Waals surface area contributed by atoms with Gasteiger partial charge in [0.05, 0.1) is 0 Å². The number of hydrogen-bond acceptors (Lipinski definition) is 5. The van der Waals surface area contributed by atoms with Crippen LogP contribution >= 0.6 is 22.9 Å². The van der Waals surface area contributed by atoms with Crippen LogP contribution in [0.5, 0.6) is 0 Å². The Morgan fingerprint density at radius 2 is 2.32 bits per heavy atom. The number of likely N-dealkylation sites (tertiary alicyclic amines) is 1. The van der Waals surface area contributed by atoms with E-state index in [0.29, 0.717) is 4.47 Å². The summed E-state index contributed by atoms with van der Waals surface area (Å²) in [6.45, 7) is 8.39. The number of rotatable bonds is 3. The van der Waals surface area contributed by atoms with E-state index >= 15 is 0 Å². The molecule has 1 fully saturated rings. The summed E-state index contributed by atoms with van der Waals surface area (Å²) in [7, 11) is 1.83. The highest BCUT2D eigenvalue weighted by atomic mass is 35.5. The molecule has 1 amide bonds. The van der Waals surface area contributed by atoms with Crippen LogP contribution in [0.25, 0.3) is 0 Å². The van der Waals surface area contributed by atoms with Crippen molar-refractivity contribution >= 4 is 29.0 Å². The van der Waals surface area contributed by atoms with Crippen LogP contribution in [0.4, 0.5) is 4.79 Å². The molecule has 0 bridgehead atoms. The van der Waals surface area contributed by atoms with Crippen molar-refractivity contribution in [1.82, 2.24) is 14.8 Å². The Morgan fingerprint density at radius 1 is 1.59 bits per heavy atom. The summed E-state index contributed by atoms with van der Waals surface area (Å²) in [5.74, 6) is 0. The van der Waals surface area contributed by atoms with E-state index in [1.54, 1.807) is 4.90 Å². The maximum atomic E-state index is 12.2. The minimum absolute atomic E-state index is 0.187. The van der Waals surface area contributed by atoms with Crippen LogP contribution in [0.15, 0.2) is 6.20 Å². The largest absolute Gasteiger partial charge is 0.444 e. The molecule has 0 unspecified atom stereocenters. The lowest BCUT2D eigenvalue weighted by molar-refractivity contribution is 0.0130. The van der Waals surface area contributed by atoms with Gasteiger partial charge in [0, 0.05) is 37.3 Å². The molecule has 1 saturated heterocycles. The Hall–Kier alpha value is -0.850. The van der Waals surface area contributed by atoms with Crippen molar-refractivity contribution in [3.63, 3.8) is 0 Å². The second kappa shape index (κ2) is 7.15. The number of hydrogen-bond donors (Lipinski definition) is 0. The van der Waals surface area contributed by atoms with E-state index in [4.69, 9.17) is 16.3 Å². The van der Waals surface area contributed by atoms with Crippen molar-refractivity contribution in [3.05, 3.63) is 15.5 Å². The summed E-state index contributed by atoms with van der Waals surface area (Å²) < 4.78 is 6.03. The first-order valence-corrected chi connectivity index (χ1v) is 8.72. The van der Waals surface area contributed by atoms with E-state index in [9.17, 15) is 4.79 Å². The molecule has 2 heterocycles. The first kappa shape index (κ1) is 17.5. The highest BCUT2D eigenvalue weighted by Crippen LogP contribution is 2.23. The van der Waals surface area contributed by atoms with Gasteiger partial charge in [-0.25, -0.2) is 9.78 Å². The molecule has 1 aliphatic rings. The normalized spacial score (nSPS) is 20.0. The summed E-state index contributed by atoms with van der Waals surface area (Å²) in [4.78, 5) is 21.5. The van der Waals surface area contributed by atoms with Gasteiger partial charge in [-0.05, 0) is 40.2 Å². The third-order valence-corrected chi connectivity index (χ3v) is 4.71. The molecule has 1 aromatic heterocycles. The highest BCUT2D eigenvalue weighted by molar-refractivity contribution is 7.15. The van der Waals surface area contributed by atoms with Gasteiger partial charge in [-0.2, -0.15) is 0 Å². The van der Waals surface area contributed by atoms with Crippen LogP contribution in [0.2, 0.25) is 4.47 Å². The van der Waals surface area contributed by atoms with Gasteiger partial charge in [0.1, 0.15) is 5.60 Å². The molecule has 22 heavy (non-hydrogen) atoms. The van der Waals surface area contributed by atoms with Gasteiger partial charge in [0.15, 0.2) is 4.47 Å². The van der Waals surface area contributed by atoms with E-state index < -0.39 is 5.60 Å². The fraction of sp³-hybridized carbons (Fsp3) is 0.733. The van der Waals surface area contributed by atoms with E-state index in [1.807, 2.05) is 34.0 Å². The van der Waals surface area contributed by atoms with E-state index in [1.165, 1.54) is 11.3 Å². The fourth-order valence-electron chi connectivity index (χ4n) is 2.55. The van der Waals surface area contributed by atoms with Gasteiger partial charge in [0.25, 0.3) is 0 Å². The molecule has 2 rings (SSSR count). The molecule has 124 valence electrons. The number of nitrogens with zero attached hydrogens (tertiary/aromatic N) is 3. The third kappa shape index (κ3) is 5.11. The molecule has 1 aromatic rings. The quantitative estimate of drug-likeness (QED) is 0.839. The van der Waals surface area contributed by atoms with E-state index in [2.05, 4.69) is 9.88 Å². The van der Waals surface area contributed by atoms with E-state index in [0.717, 1.165) is 37.4 Å². The van der Waals surface area contributed by atoms with Crippen molar-refractivity contribution < 1.29 is 9.53 Å². The van der Waals surface area contributed by atoms with Crippen LogP contribution in [0.3, 0.4) is 0 Å². The number of halogens is 1. The summed E-state index contributed by atoms with van der Waals surface area (Å²) in [5.41, 5.74) is -0.459. The van der Waals surface area contributed by atoms with Crippen molar-refractivity contribution in [3.8, 4) is 0 Å². The standard InChI is InChI=1S/C15H24ClN3O2S/c1-15(2,3)21-14(20)18(4)11-6-5-7-19(9-11)10-12-8-17-13(16)22-12/h8,11H,5-7,9-10H2,1-4H3/t11-/m0/s1. The number of carbonyl (C=O) groups is 1. The molecule has 0 N–H and O–H groups in total. The van der Waals surface area contributed by atoms with Gasteiger partial charge in [-0.3, -0.25) is 4.90 Å². The molecular weight excluding hydrogens is 322 g/mol. The van der Waals surface area contributed by atoms with Gasteiger partial charge in [0.2, 0.25) is 0 Å². The molecule has 0 spiro atoms. The zero-order valence-electron chi connectivity index (χ0n) is 13.6. The molecule has 7 heteroatoms. The molecule has 0 aromatic carbocycles. The average molecular weight is 346 g/mol. The molecule has 5 nitrogen and oxygen atoms in total. The number of ether oxygens (including phenoxy) is 1. The van der Waals surface area contributed by atoms with Crippen LogP contribution in [0, 0.1) is 0 Å². The van der Waals surface area contributed by atoms with Gasteiger partial charge in [-0.1, -0.05) is 11.6 Å². The van der Waals surface area contributed by atoms with Gasteiger partial charge in [-0.15, -0.1) is 11.3 Å². The predicted octanol–water partition coefficient (Wildman–Crippen LogP) is 3.63. The monoisotopic (exact) mass is 345 g/mol. The lowest BCUT2D eigenvalue weighted by Gasteiger charge is -2.37. The first-order chi connectivity index (χ1) is 10.2. The Labute approximate surface area is 141 Å². The van der Waals surface area contributed by atoms with Crippen LogP contribution < -0.4 is 0 Å². The first-order valence-electron chi connectivity index (χ1n) is 7.53. The average Bonchev–Trinajstić information content (AvgIpc) is 2.81. The number of amides is 1. The van der Waals surface area contributed by atoms with Crippen LogP contribution in [-0.2, 0) is 11.3 Å². The number of carbonyl (C=O) groups excluding carboxylic acids is 1. The molecule has 0 radical (unpaired) electrons. The minimum Gasteiger partial charge on any atom is -0.444 e. The zero-order chi connectivity index (χ0) is 16.3. The molecule has 0 saturated carbocycles.